The van der Waals surface area contributed by atoms with Crippen LogP contribution in [0.15, 0.2) is 30.3 Å². The molecule has 0 aliphatic heterocycles. The van der Waals surface area contributed by atoms with Gasteiger partial charge in [0.1, 0.15) is 0 Å². The molecule has 1 aromatic rings. The van der Waals surface area contributed by atoms with Crippen LogP contribution in [-0.2, 0) is 9.09 Å². The quantitative estimate of drug-likeness (QED) is 0.485. The Hall–Kier alpha value is -0.630. The van der Waals surface area contributed by atoms with E-state index >= 15 is 0 Å². The van der Waals surface area contributed by atoms with Crippen molar-refractivity contribution in [2.75, 3.05) is 13.1 Å². The fraction of sp³-hybridized carbons (Fsp3) is 0.727. The molecule has 4 atom stereocenters. The second-order valence-corrected chi connectivity index (χ2v) is 10.6. The van der Waals surface area contributed by atoms with Gasteiger partial charge in [0, 0.05) is 13.1 Å². The number of benzene rings is 1. The van der Waals surface area contributed by atoms with Gasteiger partial charge in [0.05, 0.1) is 11.4 Å². The highest BCUT2D eigenvalue weighted by molar-refractivity contribution is 7.64. The van der Waals surface area contributed by atoms with Gasteiger partial charge in [-0.2, -0.15) is 0 Å². The van der Waals surface area contributed by atoms with Crippen LogP contribution in [-0.4, -0.2) is 23.9 Å². The van der Waals surface area contributed by atoms with Crippen molar-refractivity contribution in [2.24, 2.45) is 17.8 Å². The minimum absolute atomic E-state index is 0.0843. The highest BCUT2D eigenvalue weighted by Gasteiger charge is 2.40. The van der Waals surface area contributed by atoms with Crippen LogP contribution in [0, 0.1) is 17.8 Å². The van der Waals surface area contributed by atoms with Gasteiger partial charge < -0.3 is 4.52 Å². The molecule has 0 unspecified atom stereocenters. The van der Waals surface area contributed by atoms with E-state index in [2.05, 4.69) is 39.3 Å². The lowest BCUT2D eigenvalue weighted by Gasteiger charge is -2.41. The SMILES string of the molecule is CCCN(CCC)[P@](=O)(O[C@@H]1C[C@H](C)CC[C@H]1C(C)C)c1ccccc1. The van der Waals surface area contributed by atoms with Crippen LogP contribution in [0.1, 0.15) is 66.7 Å². The van der Waals surface area contributed by atoms with E-state index in [0.717, 1.165) is 37.7 Å². The average molecular weight is 380 g/mol. The molecular weight excluding hydrogens is 341 g/mol. The molecular formula is C22H38NO2P. The molecule has 1 fully saturated rings. The van der Waals surface area contributed by atoms with Gasteiger partial charge in [0.25, 0.3) is 0 Å². The molecule has 1 aliphatic carbocycles. The Morgan fingerprint density at radius 1 is 1.12 bits per heavy atom. The van der Waals surface area contributed by atoms with Crippen LogP contribution in [0.25, 0.3) is 0 Å². The summed E-state index contributed by atoms with van der Waals surface area (Å²) in [6.07, 6.45) is 5.50. The fourth-order valence-corrected chi connectivity index (χ4v) is 6.88. The van der Waals surface area contributed by atoms with Crippen LogP contribution in [0.3, 0.4) is 0 Å². The van der Waals surface area contributed by atoms with Gasteiger partial charge in [-0.3, -0.25) is 4.57 Å². The summed E-state index contributed by atoms with van der Waals surface area (Å²) >= 11 is 0. The highest BCUT2D eigenvalue weighted by Crippen LogP contribution is 2.54. The topological polar surface area (TPSA) is 29.5 Å². The number of hydrogen-bond donors (Lipinski definition) is 0. The molecule has 0 saturated heterocycles. The predicted molar refractivity (Wildman–Crippen MR) is 112 cm³/mol. The monoisotopic (exact) mass is 379 g/mol. The van der Waals surface area contributed by atoms with E-state index in [1.54, 1.807) is 0 Å². The van der Waals surface area contributed by atoms with Crippen molar-refractivity contribution in [3.63, 3.8) is 0 Å². The van der Waals surface area contributed by atoms with Gasteiger partial charge in [0.15, 0.2) is 0 Å². The first-order valence-electron chi connectivity index (χ1n) is 10.5. The fourth-order valence-electron chi connectivity index (χ4n) is 4.22. The van der Waals surface area contributed by atoms with Crippen molar-refractivity contribution in [1.29, 1.82) is 0 Å². The molecule has 0 N–H and O–H groups in total. The lowest BCUT2D eigenvalue weighted by Crippen LogP contribution is -2.38. The van der Waals surface area contributed by atoms with Gasteiger partial charge in [-0.1, -0.05) is 59.2 Å². The average Bonchev–Trinajstić information content (AvgIpc) is 2.62. The summed E-state index contributed by atoms with van der Waals surface area (Å²) in [5.41, 5.74) is 0. The minimum atomic E-state index is -3.05. The lowest BCUT2D eigenvalue weighted by molar-refractivity contribution is 0.0423. The number of hydrogen-bond acceptors (Lipinski definition) is 2. The van der Waals surface area contributed by atoms with Crippen molar-refractivity contribution >= 4 is 12.8 Å². The third-order valence-electron chi connectivity index (χ3n) is 5.66. The van der Waals surface area contributed by atoms with E-state index in [9.17, 15) is 4.57 Å². The molecule has 148 valence electrons. The third kappa shape index (κ3) is 5.21. The Bertz CT molecular complexity index is 569. The molecule has 26 heavy (non-hydrogen) atoms. The first-order valence-corrected chi connectivity index (χ1v) is 12.1. The van der Waals surface area contributed by atoms with Crippen LogP contribution in [0.5, 0.6) is 0 Å². The summed E-state index contributed by atoms with van der Waals surface area (Å²) in [6.45, 7) is 12.8. The Morgan fingerprint density at radius 3 is 2.27 bits per heavy atom. The smallest absolute Gasteiger partial charge is 0.302 e. The molecule has 0 radical (unpaired) electrons. The van der Waals surface area contributed by atoms with Gasteiger partial charge in [0.2, 0.25) is 0 Å². The largest absolute Gasteiger partial charge is 0.310 e. The molecule has 1 aromatic carbocycles. The lowest BCUT2D eigenvalue weighted by atomic mass is 9.75. The summed E-state index contributed by atoms with van der Waals surface area (Å²) in [6, 6.07) is 9.90. The van der Waals surface area contributed by atoms with E-state index in [4.69, 9.17) is 4.52 Å². The van der Waals surface area contributed by atoms with Crippen LogP contribution in [0.2, 0.25) is 0 Å². The summed E-state index contributed by atoms with van der Waals surface area (Å²) in [7, 11) is -3.05. The highest BCUT2D eigenvalue weighted by atomic mass is 31.2. The van der Waals surface area contributed by atoms with E-state index < -0.39 is 7.52 Å². The van der Waals surface area contributed by atoms with Crippen molar-refractivity contribution in [1.82, 2.24) is 4.67 Å². The Morgan fingerprint density at radius 2 is 1.73 bits per heavy atom. The van der Waals surface area contributed by atoms with E-state index in [1.165, 1.54) is 12.8 Å². The van der Waals surface area contributed by atoms with Gasteiger partial charge in [-0.05, 0) is 55.6 Å². The Balaban J connectivity index is 2.38. The molecule has 0 bridgehead atoms. The summed E-state index contributed by atoms with van der Waals surface area (Å²) in [5, 5.41) is 0.850. The Kier molecular flexibility index (Phi) is 8.39. The molecule has 4 heteroatoms. The van der Waals surface area contributed by atoms with Crippen molar-refractivity contribution in [3.05, 3.63) is 30.3 Å². The van der Waals surface area contributed by atoms with E-state index in [1.807, 2.05) is 30.3 Å². The zero-order valence-electron chi connectivity index (χ0n) is 17.4. The second-order valence-electron chi connectivity index (χ2n) is 8.28. The minimum Gasteiger partial charge on any atom is -0.310 e. The molecule has 0 heterocycles. The first-order chi connectivity index (χ1) is 12.4. The molecule has 1 saturated carbocycles. The second kappa shape index (κ2) is 10.1. The molecule has 0 amide bonds. The Labute approximate surface area is 161 Å². The standard InChI is InChI=1S/C22H38NO2P/c1-6-15-23(16-7-2)26(24,20-11-9-8-10-12-20)25-22-17-19(5)13-14-21(22)18(3)4/h8-12,18-19,21-22H,6-7,13-17H2,1-5H3/t19-,21+,22-,26-/m1/s1. The van der Waals surface area contributed by atoms with Gasteiger partial charge in [-0.25, -0.2) is 4.67 Å². The van der Waals surface area contributed by atoms with Crippen molar-refractivity contribution < 1.29 is 9.09 Å². The van der Waals surface area contributed by atoms with E-state index in [0.29, 0.717) is 17.8 Å². The third-order valence-corrected chi connectivity index (χ3v) is 8.31. The van der Waals surface area contributed by atoms with Crippen LogP contribution < -0.4 is 5.30 Å². The first kappa shape index (κ1) is 21.7. The van der Waals surface area contributed by atoms with Crippen LogP contribution >= 0.6 is 7.52 Å². The van der Waals surface area contributed by atoms with Crippen molar-refractivity contribution in [2.45, 2.75) is 72.8 Å². The van der Waals surface area contributed by atoms with Crippen LogP contribution in [0.4, 0.5) is 0 Å². The molecule has 0 spiro atoms. The molecule has 2 rings (SSSR count). The zero-order valence-corrected chi connectivity index (χ0v) is 18.3. The maximum Gasteiger partial charge on any atom is 0.302 e. The molecule has 1 aliphatic rings. The van der Waals surface area contributed by atoms with E-state index in [-0.39, 0.29) is 6.10 Å². The van der Waals surface area contributed by atoms with Gasteiger partial charge in [-0.15, -0.1) is 0 Å². The summed E-state index contributed by atoms with van der Waals surface area (Å²) in [4.78, 5) is 0. The summed E-state index contributed by atoms with van der Waals surface area (Å²) < 4.78 is 23.1. The normalized spacial score (nSPS) is 26.2. The molecule has 3 nitrogen and oxygen atoms in total. The maximum atomic E-state index is 14.3. The van der Waals surface area contributed by atoms with Gasteiger partial charge >= 0.3 is 7.52 Å². The molecule has 0 aromatic heterocycles. The summed E-state index contributed by atoms with van der Waals surface area (Å²) in [5.74, 6) is 1.70. The van der Waals surface area contributed by atoms with Crippen molar-refractivity contribution in [3.8, 4) is 0 Å². The zero-order chi connectivity index (χ0) is 19.2. The predicted octanol–water partition coefficient (Wildman–Crippen LogP) is 6.10. The number of rotatable bonds is 9. The number of nitrogens with zero attached hydrogens (tertiary/aromatic N) is 1. The maximum absolute atomic E-state index is 14.3.